The van der Waals surface area contributed by atoms with Gasteiger partial charge in [0, 0.05) is 37.3 Å². The third-order valence-electron chi connectivity index (χ3n) is 3.85. The van der Waals surface area contributed by atoms with Gasteiger partial charge in [-0.05, 0) is 19.8 Å². The maximum absolute atomic E-state index is 6.05. The molecular formula is C15H22N4O. The molecule has 2 aromatic rings. The lowest BCUT2D eigenvalue weighted by atomic mass is 9.99. The number of hydrogen-bond donors (Lipinski definition) is 0. The third-order valence-corrected chi connectivity index (χ3v) is 3.85. The van der Waals surface area contributed by atoms with Crippen molar-refractivity contribution in [3.8, 4) is 17.1 Å². The summed E-state index contributed by atoms with van der Waals surface area (Å²) in [6.45, 7) is 9.46. The average molecular weight is 274 g/mol. The summed E-state index contributed by atoms with van der Waals surface area (Å²) in [5.74, 6) is 1.32. The normalized spacial score (nSPS) is 18.2. The highest BCUT2D eigenvalue weighted by Crippen LogP contribution is 2.39. The molecule has 2 aromatic heterocycles. The van der Waals surface area contributed by atoms with E-state index in [1.54, 1.807) is 0 Å². The zero-order valence-electron chi connectivity index (χ0n) is 12.8. The highest BCUT2D eigenvalue weighted by molar-refractivity contribution is 5.68. The lowest BCUT2D eigenvalue weighted by molar-refractivity contribution is 0.147. The zero-order chi connectivity index (χ0) is 14.4. The molecule has 108 valence electrons. The van der Waals surface area contributed by atoms with Crippen LogP contribution in [0.5, 0.6) is 5.88 Å². The van der Waals surface area contributed by atoms with Crippen LogP contribution in [0.25, 0.3) is 11.3 Å². The SMILES string of the molecule is Cc1nn(C)cc1-c1nn2c(c1C(C)C)O[C@H](C)CC2. The Bertz CT molecular complexity index is 639. The van der Waals surface area contributed by atoms with E-state index in [2.05, 4.69) is 25.9 Å². The Hall–Kier alpha value is -1.78. The van der Waals surface area contributed by atoms with E-state index in [9.17, 15) is 0 Å². The fourth-order valence-corrected chi connectivity index (χ4v) is 2.84. The molecule has 0 amide bonds. The first kappa shape index (κ1) is 13.2. The summed E-state index contributed by atoms with van der Waals surface area (Å²) >= 11 is 0. The topological polar surface area (TPSA) is 44.9 Å². The van der Waals surface area contributed by atoms with E-state index in [4.69, 9.17) is 9.84 Å². The smallest absolute Gasteiger partial charge is 0.216 e. The second kappa shape index (κ2) is 4.65. The van der Waals surface area contributed by atoms with Gasteiger partial charge in [0.15, 0.2) is 0 Å². The van der Waals surface area contributed by atoms with E-state index < -0.39 is 0 Å². The number of hydrogen-bond acceptors (Lipinski definition) is 3. The summed E-state index contributed by atoms with van der Waals surface area (Å²) in [5, 5.41) is 9.22. The molecule has 1 aliphatic rings. The zero-order valence-corrected chi connectivity index (χ0v) is 12.8. The Balaban J connectivity index is 2.18. The molecule has 0 radical (unpaired) electrons. The molecule has 0 saturated carbocycles. The van der Waals surface area contributed by atoms with Crippen LogP contribution in [-0.2, 0) is 13.6 Å². The molecule has 5 nitrogen and oxygen atoms in total. The van der Waals surface area contributed by atoms with Gasteiger partial charge < -0.3 is 4.74 Å². The van der Waals surface area contributed by atoms with Gasteiger partial charge in [0.1, 0.15) is 5.69 Å². The molecule has 0 aromatic carbocycles. The molecule has 1 aliphatic heterocycles. The van der Waals surface area contributed by atoms with E-state index in [-0.39, 0.29) is 6.10 Å². The monoisotopic (exact) mass is 274 g/mol. The number of aromatic nitrogens is 4. The van der Waals surface area contributed by atoms with Crippen LogP contribution in [0.4, 0.5) is 0 Å². The van der Waals surface area contributed by atoms with E-state index in [1.807, 2.05) is 29.5 Å². The second-order valence-electron chi connectivity index (χ2n) is 5.96. The van der Waals surface area contributed by atoms with Gasteiger partial charge in [0.25, 0.3) is 0 Å². The average Bonchev–Trinajstić information content (AvgIpc) is 2.88. The van der Waals surface area contributed by atoms with Crippen molar-refractivity contribution >= 4 is 0 Å². The van der Waals surface area contributed by atoms with E-state index >= 15 is 0 Å². The molecular weight excluding hydrogens is 252 g/mol. The molecule has 0 aliphatic carbocycles. The van der Waals surface area contributed by atoms with Crippen LogP contribution in [0, 0.1) is 6.92 Å². The minimum absolute atomic E-state index is 0.263. The minimum atomic E-state index is 0.263. The van der Waals surface area contributed by atoms with Crippen LogP contribution in [0.2, 0.25) is 0 Å². The van der Waals surface area contributed by atoms with Gasteiger partial charge in [-0.2, -0.15) is 10.2 Å². The Morgan fingerprint density at radius 1 is 1.35 bits per heavy atom. The molecule has 20 heavy (non-hydrogen) atoms. The Labute approximate surface area is 119 Å². The highest BCUT2D eigenvalue weighted by atomic mass is 16.5. The number of fused-ring (bicyclic) bond motifs is 1. The summed E-state index contributed by atoms with van der Waals surface area (Å²) in [7, 11) is 1.94. The summed E-state index contributed by atoms with van der Waals surface area (Å²) in [5.41, 5.74) is 4.34. The Morgan fingerprint density at radius 3 is 2.70 bits per heavy atom. The van der Waals surface area contributed by atoms with Gasteiger partial charge >= 0.3 is 0 Å². The van der Waals surface area contributed by atoms with Crippen molar-refractivity contribution in [2.75, 3.05) is 0 Å². The van der Waals surface area contributed by atoms with Crippen LogP contribution in [0.3, 0.4) is 0 Å². The van der Waals surface area contributed by atoms with Gasteiger partial charge in [-0.15, -0.1) is 0 Å². The van der Waals surface area contributed by atoms with Crippen molar-refractivity contribution in [1.29, 1.82) is 0 Å². The summed E-state index contributed by atoms with van der Waals surface area (Å²) < 4.78 is 9.90. The standard InChI is InChI=1S/C15H22N4O/c1-9(2)13-14(12-8-18(5)16-11(12)4)17-19-7-6-10(3)20-15(13)19/h8-10H,6-7H2,1-5H3/t10-/m1/s1. The van der Waals surface area contributed by atoms with Gasteiger partial charge in [-0.1, -0.05) is 13.8 Å². The lowest BCUT2D eigenvalue weighted by Gasteiger charge is -2.23. The molecule has 1 atom stereocenters. The lowest BCUT2D eigenvalue weighted by Crippen LogP contribution is -2.23. The quantitative estimate of drug-likeness (QED) is 0.846. The predicted octanol–water partition coefficient (Wildman–Crippen LogP) is 2.89. The fourth-order valence-electron chi connectivity index (χ4n) is 2.84. The third kappa shape index (κ3) is 2.01. The second-order valence-corrected chi connectivity index (χ2v) is 5.96. The molecule has 3 rings (SSSR count). The number of nitrogens with zero attached hydrogens (tertiary/aromatic N) is 4. The van der Waals surface area contributed by atoms with E-state index in [0.717, 1.165) is 35.8 Å². The molecule has 0 fully saturated rings. The van der Waals surface area contributed by atoms with E-state index in [0.29, 0.717) is 5.92 Å². The first-order valence-electron chi connectivity index (χ1n) is 7.25. The van der Waals surface area contributed by atoms with Crippen molar-refractivity contribution < 1.29 is 4.74 Å². The van der Waals surface area contributed by atoms with Crippen molar-refractivity contribution in [2.24, 2.45) is 7.05 Å². The maximum atomic E-state index is 6.05. The molecule has 0 unspecified atom stereocenters. The number of ether oxygens (including phenoxy) is 1. The van der Waals surface area contributed by atoms with Crippen LogP contribution < -0.4 is 4.74 Å². The first-order chi connectivity index (χ1) is 9.47. The van der Waals surface area contributed by atoms with E-state index in [1.165, 1.54) is 5.56 Å². The number of aryl methyl sites for hydroxylation is 3. The fraction of sp³-hybridized carbons (Fsp3) is 0.600. The molecule has 0 N–H and O–H groups in total. The van der Waals surface area contributed by atoms with Crippen LogP contribution in [0.15, 0.2) is 6.20 Å². The van der Waals surface area contributed by atoms with Crippen molar-refractivity contribution in [1.82, 2.24) is 19.6 Å². The van der Waals surface area contributed by atoms with Crippen molar-refractivity contribution in [3.63, 3.8) is 0 Å². The van der Waals surface area contributed by atoms with Gasteiger partial charge in [0.2, 0.25) is 5.88 Å². The molecule has 3 heterocycles. The van der Waals surface area contributed by atoms with Crippen LogP contribution in [0.1, 0.15) is 44.4 Å². The van der Waals surface area contributed by atoms with Gasteiger partial charge in [0.05, 0.1) is 11.8 Å². The van der Waals surface area contributed by atoms with Crippen LogP contribution >= 0.6 is 0 Å². The van der Waals surface area contributed by atoms with Crippen molar-refractivity contribution in [2.45, 2.75) is 52.7 Å². The first-order valence-corrected chi connectivity index (χ1v) is 7.25. The Morgan fingerprint density at radius 2 is 2.10 bits per heavy atom. The summed E-state index contributed by atoms with van der Waals surface area (Å²) in [6, 6.07) is 0. The highest BCUT2D eigenvalue weighted by Gasteiger charge is 2.28. The largest absolute Gasteiger partial charge is 0.475 e. The predicted molar refractivity (Wildman–Crippen MR) is 78.0 cm³/mol. The molecule has 5 heteroatoms. The molecule has 0 saturated heterocycles. The summed E-state index contributed by atoms with van der Waals surface area (Å²) in [6.07, 6.45) is 3.32. The minimum Gasteiger partial charge on any atom is -0.475 e. The summed E-state index contributed by atoms with van der Waals surface area (Å²) in [4.78, 5) is 0. The number of rotatable bonds is 2. The van der Waals surface area contributed by atoms with Gasteiger partial charge in [-0.3, -0.25) is 4.68 Å². The van der Waals surface area contributed by atoms with Crippen molar-refractivity contribution in [3.05, 3.63) is 17.5 Å². The van der Waals surface area contributed by atoms with Gasteiger partial charge in [-0.25, -0.2) is 4.68 Å². The molecule has 0 spiro atoms. The maximum Gasteiger partial charge on any atom is 0.216 e. The van der Waals surface area contributed by atoms with Crippen LogP contribution in [-0.4, -0.2) is 25.7 Å². The Kier molecular flexibility index (Phi) is 3.07. The molecule has 0 bridgehead atoms.